The summed E-state index contributed by atoms with van der Waals surface area (Å²) in [6.45, 7) is 10.0. The van der Waals surface area contributed by atoms with Crippen LogP contribution in [0.1, 0.15) is 71.2 Å². The number of hydrogen-bond donors (Lipinski definition) is 1. The molecule has 1 heterocycles. The minimum absolute atomic E-state index is 0.201. The highest BCUT2D eigenvalue weighted by Crippen LogP contribution is 2.46. The van der Waals surface area contributed by atoms with E-state index in [1.54, 1.807) is 0 Å². The van der Waals surface area contributed by atoms with Gasteiger partial charge in [-0.15, -0.1) is 10.2 Å². The zero-order chi connectivity index (χ0) is 15.0. The zero-order valence-electron chi connectivity index (χ0n) is 13.7. The Morgan fingerprint density at radius 1 is 1.24 bits per heavy atom. The maximum Gasteiger partial charge on any atom is 0.191 e. The molecule has 0 bridgehead atoms. The van der Waals surface area contributed by atoms with Crippen molar-refractivity contribution < 1.29 is 0 Å². The van der Waals surface area contributed by atoms with Crippen molar-refractivity contribution >= 4 is 11.8 Å². The van der Waals surface area contributed by atoms with Crippen LogP contribution in [0, 0.1) is 5.92 Å². The number of nitrogens with zero attached hydrogens (tertiary/aromatic N) is 3. The third kappa shape index (κ3) is 4.22. The van der Waals surface area contributed by atoms with Gasteiger partial charge < -0.3 is 9.88 Å². The highest BCUT2D eigenvalue weighted by Gasteiger charge is 2.36. The summed E-state index contributed by atoms with van der Waals surface area (Å²) in [7, 11) is 0. The summed E-state index contributed by atoms with van der Waals surface area (Å²) in [6, 6.07) is 0.695. The van der Waals surface area contributed by atoms with Crippen LogP contribution < -0.4 is 5.32 Å². The Balaban J connectivity index is 1.55. The molecule has 0 aromatic carbocycles. The summed E-state index contributed by atoms with van der Waals surface area (Å²) in [6.07, 6.45) is 5.24. The molecule has 2 saturated carbocycles. The van der Waals surface area contributed by atoms with Crippen molar-refractivity contribution in [2.24, 2.45) is 5.92 Å². The standard InChI is InChI=1S/C16H28N4S/c1-11(9-17-16(2,3)4)10-21-15-19-18-14(12-5-6-12)20(15)13-7-8-13/h11-13,17H,5-10H2,1-4H3. The second-order valence-electron chi connectivity index (χ2n) is 7.76. The van der Waals surface area contributed by atoms with E-state index in [0.29, 0.717) is 17.9 Å². The van der Waals surface area contributed by atoms with Crippen LogP contribution in [0.4, 0.5) is 0 Å². The molecule has 1 aromatic heterocycles. The quantitative estimate of drug-likeness (QED) is 0.782. The summed E-state index contributed by atoms with van der Waals surface area (Å²) in [5, 5.41) is 13.7. The molecule has 0 amide bonds. The van der Waals surface area contributed by atoms with Gasteiger partial charge in [0.15, 0.2) is 5.16 Å². The Hall–Kier alpha value is -0.550. The Morgan fingerprint density at radius 2 is 1.95 bits per heavy atom. The van der Waals surface area contributed by atoms with Gasteiger partial charge in [-0.05, 0) is 58.9 Å². The fourth-order valence-corrected chi connectivity index (χ4v) is 3.47. The van der Waals surface area contributed by atoms with E-state index >= 15 is 0 Å². The van der Waals surface area contributed by atoms with Gasteiger partial charge in [0.25, 0.3) is 0 Å². The first-order valence-corrected chi connectivity index (χ1v) is 9.25. The molecule has 21 heavy (non-hydrogen) atoms. The number of hydrogen-bond acceptors (Lipinski definition) is 4. The smallest absolute Gasteiger partial charge is 0.191 e. The first-order valence-electron chi connectivity index (χ1n) is 8.26. The maximum absolute atomic E-state index is 4.48. The lowest BCUT2D eigenvalue weighted by molar-refractivity contribution is 0.395. The molecule has 0 aliphatic heterocycles. The van der Waals surface area contributed by atoms with Crippen molar-refractivity contribution in [3.05, 3.63) is 5.82 Å². The van der Waals surface area contributed by atoms with Gasteiger partial charge in [0, 0.05) is 23.3 Å². The van der Waals surface area contributed by atoms with Crippen LogP contribution in [-0.4, -0.2) is 32.6 Å². The molecule has 0 saturated heterocycles. The molecule has 2 aliphatic rings. The lowest BCUT2D eigenvalue weighted by Crippen LogP contribution is -2.39. The molecule has 4 nitrogen and oxygen atoms in total. The topological polar surface area (TPSA) is 42.7 Å². The van der Waals surface area contributed by atoms with Crippen LogP contribution in [0.5, 0.6) is 0 Å². The summed E-state index contributed by atoms with van der Waals surface area (Å²) >= 11 is 1.89. The van der Waals surface area contributed by atoms with Gasteiger partial charge in [0.05, 0.1) is 0 Å². The minimum Gasteiger partial charge on any atom is -0.312 e. The van der Waals surface area contributed by atoms with E-state index in [0.717, 1.165) is 17.5 Å². The van der Waals surface area contributed by atoms with Crippen LogP contribution >= 0.6 is 11.8 Å². The summed E-state index contributed by atoms with van der Waals surface area (Å²) in [5.74, 6) is 3.72. The lowest BCUT2D eigenvalue weighted by atomic mass is 10.1. The average molecular weight is 308 g/mol. The van der Waals surface area contributed by atoms with Crippen molar-refractivity contribution in [3.8, 4) is 0 Å². The Kier molecular flexibility index (Phi) is 4.33. The molecule has 3 rings (SSSR count). The number of thioether (sulfide) groups is 1. The summed E-state index contributed by atoms with van der Waals surface area (Å²) in [4.78, 5) is 0. The molecule has 5 heteroatoms. The van der Waals surface area contributed by atoms with Crippen molar-refractivity contribution in [1.29, 1.82) is 0 Å². The fourth-order valence-electron chi connectivity index (χ4n) is 2.44. The Morgan fingerprint density at radius 3 is 2.52 bits per heavy atom. The van der Waals surface area contributed by atoms with Crippen molar-refractivity contribution in [1.82, 2.24) is 20.1 Å². The predicted octanol–water partition coefficient (Wildman–Crippen LogP) is 3.61. The van der Waals surface area contributed by atoms with E-state index in [1.807, 2.05) is 11.8 Å². The van der Waals surface area contributed by atoms with Crippen LogP contribution in [0.25, 0.3) is 0 Å². The molecular weight excluding hydrogens is 280 g/mol. The van der Waals surface area contributed by atoms with Crippen LogP contribution in [-0.2, 0) is 0 Å². The van der Waals surface area contributed by atoms with E-state index in [2.05, 4.69) is 47.8 Å². The van der Waals surface area contributed by atoms with Gasteiger partial charge >= 0.3 is 0 Å². The number of aromatic nitrogens is 3. The second kappa shape index (κ2) is 5.92. The molecule has 1 atom stereocenters. The van der Waals surface area contributed by atoms with Crippen LogP contribution in [0.3, 0.4) is 0 Å². The summed E-state index contributed by atoms with van der Waals surface area (Å²) in [5.41, 5.74) is 0.201. The van der Waals surface area contributed by atoms with E-state index in [9.17, 15) is 0 Å². The van der Waals surface area contributed by atoms with Crippen molar-refractivity contribution in [2.75, 3.05) is 12.3 Å². The predicted molar refractivity (Wildman–Crippen MR) is 87.9 cm³/mol. The Labute approximate surface area is 132 Å². The van der Waals surface area contributed by atoms with E-state index in [-0.39, 0.29) is 5.54 Å². The Bertz CT molecular complexity index is 483. The average Bonchev–Trinajstić information content (AvgIpc) is 3.31. The molecule has 2 fully saturated rings. The van der Waals surface area contributed by atoms with E-state index in [1.165, 1.54) is 31.5 Å². The van der Waals surface area contributed by atoms with Gasteiger partial charge in [-0.25, -0.2) is 0 Å². The molecule has 1 unspecified atom stereocenters. The molecule has 0 spiro atoms. The molecule has 1 N–H and O–H groups in total. The maximum atomic E-state index is 4.48. The van der Waals surface area contributed by atoms with Crippen molar-refractivity contribution in [2.45, 2.75) is 76.0 Å². The van der Waals surface area contributed by atoms with Gasteiger partial charge in [-0.1, -0.05) is 18.7 Å². The minimum atomic E-state index is 0.201. The van der Waals surface area contributed by atoms with Crippen molar-refractivity contribution in [3.63, 3.8) is 0 Å². The zero-order valence-corrected chi connectivity index (χ0v) is 14.5. The highest BCUT2D eigenvalue weighted by atomic mass is 32.2. The largest absolute Gasteiger partial charge is 0.312 e. The van der Waals surface area contributed by atoms with Gasteiger partial charge in [-0.2, -0.15) is 0 Å². The summed E-state index contributed by atoms with van der Waals surface area (Å²) < 4.78 is 2.45. The van der Waals surface area contributed by atoms with Gasteiger partial charge in [0.1, 0.15) is 5.82 Å². The number of nitrogens with one attached hydrogen (secondary N) is 1. The molecule has 2 aliphatic carbocycles. The molecule has 118 valence electrons. The number of rotatable bonds is 7. The van der Waals surface area contributed by atoms with E-state index < -0.39 is 0 Å². The lowest BCUT2D eigenvalue weighted by Gasteiger charge is -2.23. The van der Waals surface area contributed by atoms with Crippen LogP contribution in [0.15, 0.2) is 5.16 Å². The SMILES string of the molecule is CC(CNC(C)(C)C)CSc1nnc(C2CC2)n1C1CC1. The monoisotopic (exact) mass is 308 g/mol. The van der Waals surface area contributed by atoms with E-state index in [4.69, 9.17) is 0 Å². The van der Waals surface area contributed by atoms with Gasteiger partial charge in [0.2, 0.25) is 0 Å². The van der Waals surface area contributed by atoms with Crippen LogP contribution in [0.2, 0.25) is 0 Å². The normalized spacial score (nSPS) is 20.8. The van der Waals surface area contributed by atoms with Gasteiger partial charge in [-0.3, -0.25) is 0 Å². The molecule has 1 aromatic rings. The molecular formula is C16H28N4S. The highest BCUT2D eigenvalue weighted by molar-refractivity contribution is 7.99. The second-order valence-corrected chi connectivity index (χ2v) is 8.75. The molecule has 0 radical (unpaired) electrons. The third-order valence-corrected chi connectivity index (χ3v) is 5.30. The fraction of sp³-hybridized carbons (Fsp3) is 0.875. The third-order valence-electron chi connectivity index (χ3n) is 4.02. The first kappa shape index (κ1) is 15.3. The first-order chi connectivity index (χ1) is 9.94.